The van der Waals surface area contributed by atoms with Gasteiger partial charge in [-0.25, -0.2) is 0 Å². The van der Waals surface area contributed by atoms with Gasteiger partial charge in [0.15, 0.2) is 0 Å². The van der Waals surface area contributed by atoms with Crippen LogP contribution in [-0.4, -0.2) is 31.6 Å². The van der Waals surface area contributed by atoms with Crippen molar-refractivity contribution in [2.24, 2.45) is 11.8 Å². The molecule has 0 bridgehead atoms. The maximum absolute atomic E-state index is 6.11. The molecule has 0 aromatic rings. The standard InChI is InChI=1S/C14H27NO/c1-7-11(4)13-8-12(9-15(5)6)16-14(13)10(2)3/h10-12H,7-9H2,1-6H3. The minimum Gasteiger partial charge on any atom is -0.493 e. The molecule has 0 aromatic heterocycles. The van der Waals surface area contributed by atoms with E-state index in [0.717, 1.165) is 13.0 Å². The summed E-state index contributed by atoms with van der Waals surface area (Å²) in [6, 6.07) is 0. The summed E-state index contributed by atoms with van der Waals surface area (Å²) in [6.07, 6.45) is 2.71. The van der Waals surface area contributed by atoms with Crippen molar-refractivity contribution in [2.45, 2.75) is 46.6 Å². The molecule has 0 N–H and O–H groups in total. The van der Waals surface area contributed by atoms with Crippen molar-refractivity contribution in [3.05, 3.63) is 11.3 Å². The molecule has 2 nitrogen and oxygen atoms in total. The Bertz CT molecular complexity index is 255. The predicted molar refractivity (Wildman–Crippen MR) is 69.4 cm³/mol. The highest BCUT2D eigenvalue weighted by Crippen LogP contribution is 2.35. The average Bonchev–Trinajstić information content (AvgIpc) is 2.59. The molecule has 0 aromatic carbocycles. The van der Waals surface area contributed by atoms with Crippen molar-refractivity contribution in [3.8, 4) is 0 Å². The fraction of sp³-hybridized carbons (Fsp3) is 0.857. The van der Waals surface area contributed by atoms with Crippen LogP contribution in [0.4, 0.5) is 0 Å². The van der Waals surface area contributed by atoms with Crippen LogP contribution in [0, 0.1) is 11.8 Å². The van der Waals surface area contributed by atoms with Crippen LogP contribution >= 0.6 is 0 Å². The minimum atomic E-state index is 0.372. The molecule has 2 atom stereocenters. The summed E-state index contributed by atoms with van der Waals surface area (Å²) in [5, 5.41) is 0. The molecule has 0 saturated carbocycles. The van der Waals surface area contributed by atoms with Crippen LogP contribution in [-0.2, 0) is 4.74 Å². The molecule has 16 heavy (non-hydrogen) atoms. The second-order valence-electron chi connectivity index (χ2n) is 5.56. The first-order valence-electron chi connectivity index (χ1n) is 6.50. The SMILES string of the molecule is CCC(C)C1=C(C(C)C)OC(CN(C)C)C1. The molecule has 0 aliphatic carbocycles. The van der Waals surface area contributed by atoms with E-state index in [-0.39, 0.29) is 0 Å². The molecule has 0 fully saturated rings. The molecule has 2 heteroatoms. The van der Waals surface area contributed by atoms with E-state index in [0.29, 0.717) is 17.9 Å². The summed E-state index contributed by atoms with van der Waals surface area (Å²) < 4.78 is 6.11. The van der Waals surface area contributed by atoms with Crippen LogP contribution in [0.25, 0.3) is 0 Å². The van der Waals surface area contributed by atoms with Crippen molar-refractivity contribution < 1.29 is 4.74 Å². The summed E-state index contributed by atoms with van der Waals surface area (Å²) in [5.41, 5.74) is 1.56. The molecule has 2 unspecified atom stereocenters. The van der Waals surface area contributed by atoms with E-state index in [2.05, 4.69) is 46.7 Å². The fourth-order valence-corrected chi connectivity index (χ4v) is 2.35. The summed E-state index contributed by atoms with van der Waals surface area (Å²) in [6.45, 7) is 10.1. The third kappa shape index (κ3) is 3.24. The summed E-state index contributed by atoms with van der Waals surface area (Å²) in [7, 11) is 4.22. The van der Waals surface area contributed by atoms with E-state index in [1.54, 1.807) is 5.57 Å². The number of hydrogen-bond donors (Lipinski definition) is 0. The number of hydrogen-bond acceptors (Lipinski definition) is 2. The summed E-state index contributed by atoms with van der Waals surface area (Å²) in [5.74, 6) is 2.46. The van der Waals surface area contributed by atoms with Gasteiger partial charge in [0.05, 0.1) is 5.76 Å². The smallest absolute Gasteiger partial charge is 0.115 e. The third-order valence-corrected chi connectivity index (χ3v) is 3.36. The quantitative estimate of drug-likeness (QED) is 0.712. The van der Waals surface area contributed by atoms with Crippen molar-refractivity contribution in [2.75, 3.05) is 20.6 Å². The predicted octanol–water partition coefficient (Wildman–Crippen LogP) is 3.29. The summed E-state index contributed by atoms with van der Waals surface area (Å²) in [4.78, 5) is 2.21. The number of likely N-dealkylation sites (N-methyl/N-ethyl adjacent to an activating group) is 1. The summed E-state index contributed by atoms with van der Waals surface area (Å²) >= 11 is 0. The Balaban J connectivity index is 2.72. The van der Waals surface area contributed by atoms with E-state index < -0.39 is 0 Å². The normalized spacial score (nSPS) is 23.1. The van der Waals surface area contributed by atoms with Gasteiger partial charge in [-0.1, -0.05) is 27.7 Å². The van der Waals surface area contributed by atoms with Gasteiger partial charge < -0.3 is 9.64 Å². The Kier molecular flexibility index (Phi) is 4.85. The highest BCUT2D eigenvalue weighted by molar-refractivity contribution is 5.19. The number of rotatable bonds is 5. The zero-order valence-corrected chi connectivity index (χ0v) is 11.7. The maximum atomic E-state index is 6.11. The van der Waals surface area contributed by atoms with E-state index in [4.69, 9.17) is 4.74 Å². The molecular weight excluding hydrogens is 198 g/mol. The Hall–Kier alpha value is -0.500. The second-order valence-corrected chi connectivity index (χ2v) is 5.56. The monoisotopic (exact) mass is 225 g/mol. The second kappa shape index (κ2) is 5.72. The van der Waals surface area contributed by atoms with E-state index in [1.165, 1.54) is 12.2 Å². The number of nitrogens with zero attached hydrogens (tertiary/aromatic N) is 1. The minimum absolute atomic E-state index is 0.372. The molecule has 1 aliphatic heterocycles. The zero-order valence-electron chi connectivity index (χ0n) is 11.7. The topological polar surface area (TPSA) is 12.5 Å². The fourth-order valence-electron chi connectivity index (χ4n) is 2.35. The Morgan fingerprint density at radius 1 is 1.31 bits per heavy atom. The Labute approximate surface area is 101 Å². The van der Waals surface area contributed by atoms with Gasteiger partial charge in [0, 0.05) is 18.9 Å². The van der Waals surface area contributed by atoms with Gasteiger partial charge in [0.1, 0.15) is 6.10 Å². The Morgan fingerprint density at radius 2 is 1.94 bits per heavy atom. The molecule has 0 spiro atoms. The first kappa shape index (κ1) is 13.6. The van der Waals surface area contributed by atoms with Crippen LogP contribution in [0.3, 0.4) is 0 Å². The molecule has 1 rings (SSSR count). The van der Waals surface area contributed by atoms with E-state index in [9.17, 15) is 0 Å². The van der Waals surface area contributed by atoms with Crippen molar-refractivity contribution in [1.82, 2.24) is 4.90 Å². The van der Waals surface area contributed by atoms with Gasteiger partial charge in [-0.3, -0.25) is 0 Å². The van der Waals surface area contributed by atoms with Gasteiger partial charge in [-0.2, -0.15) is 0 Å². The highest BCUT2D eigenvalue weighted by Gasteiger charge is 2.29. The highest BCUT2D eigenvalue weighted by atomic mass is 16.5. The maximum Gasteiger partial charge on any atom is 0.115 e. The van der Waals surface area contributed by atoms with Crippen LogP contribution < -0.4 is 0 Å². The lowest BCUT2D eigenvalue weighted by molar-refractivity contribution is 0.0998. The molecule has 1 aliphatic rings. The van der Waals surface area contributed by atoms with Crippen LogP contribution in [0.15, 0.2) is 11.3 Å². The van der Waals surface area contributed by atoms with Crippen molar-refractivity contribution in [1.29, 1.82) is 0 Å². The lowest BCUT2D eigenvalue weighted by atomic mass is 9.91. The van der Waals surface area contributed by atoms with Crippen LogP contribution in [0.5, 0.6) is 0 Å². The van der Waals surface area contributed by atoms with Crippen LogP contribution in [0.2, 0.25) is 0 Å². The first-order valence-corrected chi connectivity index (χ1v) is 6.50. The van der Waals surface area contributed by atoms with Crippen molar-refractivity contribution in [3.63, 3.8) is 0 Å². The van der Waals surface area contributed by atoms with Gasteiger partial charge in [0.2, 0.25) is 0 Å². The zero-order chi connectivity index (χ0) is 12.3. The Morgan fingerprint density at radius 3 is 2.38 bits per heavy atom. The molecule has 1 heterocycles. The lowest BCUT2D eigenvalue weighted by Gasteiger charge is -2.18. The third-order valence-electron chi connectivity index (χ3n) is 3.36. The number of ether oxygens (including phenoxy) is 1. The van der Waals surface area contributed by atoms with E-state index >= 15 is 0 Å². The van der Waals surface area contributed by atoms with Gasteiger partial charge >= 0.3 is 0 Å². The lowest BCUT2D eigenvalue weighted by Crippen LogP contribution is -2.26. The largest absolute Gasteiger partial charge is 0.493 e. The van der Waals surface area contributed by atoms with Crippen LogP contribution in [0.1, 0.15) is 40.5 Å². The molecule has 94 valence electrons. The molecular formula is C14H27NO. The van der Waals surface area contributed by atoms with Gasteiger partial charge in [-0.15, -0.1) is 0 Å². The molecule has 0 saturated heterocycles. The van der Waals surface area contributed by atoms with Crippen molar-refractivity contribution >= 4 is 0 Å². The molecule has 0 radical (unpaired) electrons. The first-order chi connectivity index (χ1) is 7.45. The van der Waals surface area contributed by atoms with E-state index in [1.807, 2.05) is 0 Å². The van der Waals surface area contributed by atoms with Gasteiger partial charge in [0.25, 0.3) is 0 Å². The molecule has 0 amide bonds. The van der Waals surface area contributed by atoms with Gasteiger partial charge in [-0.05, 0) is 32.0 Å². The average molecular weight is 225 g/mol. The number of allylic oxidation sites excluding steroid dienone is 1.